The molecule has 0 fully saturated rings. The number of thiol groups is 1. The summed E-state index contributed by atoms with van der Waals surface area (Å²) in [5.74, 6) is -0.176. The molecule has 0 radical (unpaired) electrons. The largest absolute Gasteiger partial charge is 0.347 e. The number of rotatable bonds is 3. The van der Waals surface area contributed by atoms with Crippen LogP contribution in [0.1, 0.15) is 25.7 Å². The Morgan fingerprint density at radius 2 is 2.11 bits per heavy atom. The van der Waals surface area contributed by atoms with E-state index in [9.17, 15) is 4.79 Å². The van der Waals surface area contributed by atoms with Crippen LogP contribution in [0, 0.1) is 13.8 Å². The van der Waals surface area contributed by atoms with Gasteiger partial charge in [-0.3, -0.25) is 4.79 Å². The highest BCUT2D eigenvalue weighted by molar-refractivity contribution is 7.80. The fourth-order valence-corrected chi connectivity index (χ4v) is 3.09. The number of carbonyl (C=O) groups excluding carboxylic acids is 1. The van der Waals surface area contributed by atoms with Crippen molar-refractivity contribution in [2.75, 3.05) is 0 Å². The van der Waals surface area contributed by atoms with Crippen molar-refractivity contribution in [3.05, 3.63) is 50.2 Å². The molecule has 5 heteroatoms. The molecule has 0 spiro atoms. The molecular weight excluding hydrogens is 298 g/mol. The van der Waals surface area contributed by atoms with E-state index in [1.807, 2.05) is 0 Å². The Labute approximate surface area is 127 Å². The summed E-state index contributed by atoms with van der Waals surface area (Å²) >= 11 is 11.9. The highest BCUT2D eigenvalue weighted by atomic mass is 35.5. The molecule has 1 amide bonds. The Morgan fingerprint density at radius 3 is 2.74 bits per heavy atom. The van der Waals surface area contributed by atoms with Crippen LogP contribution < -0.4 is 5.32 Å². The third kappa shape index (κ3) is 3.53. The summed E-state index contributed by atoms with van der Waals surface area (Å²) in [5.41, 5.74) is 1.71. The Bertz CT molecular complexity index is 602. The Hall–Kier alpha value is -0.970. The number of amides is 1. The maximum absolute atomic E-state index is 12.1. The van der Waals surface area contributed by atoms with E-state index >= 15 is 0 Å². The van der Waals surface area contributed by atoms with E-state index in [4.69, 9.17) is 11.6 Å². The molecule has 1 aromatic heterocycles. The monoisotopic (exact) mass is 311 g/mol. The minimum absolute atomic E-state index is 0.176. The van der Waals surface area contributed by atoms with Gasteiger partial charge in [0.2, 0.25) is 0 Å². The van der Waals surface area contributed by atoms with Crippen molar-refractivity contribution in [1.29, 1.82) is 0 Å². The first-order valence-corrected chi connectivity index (χ1v) is 7.44. The first-order valence-electron chi connectivity index (χ1n) is 5.80. The lowest BCUT2D eigenvalue weighted by molar-refractivity contribution is 0.0951. The van der Waals surface area contributed by atoms with Crippen molar-refractivity contribution in [3.8, 4) is 0 Å². The summed E-state index contributed by atoms with van der Waals surface area (Å²) in [6.07, 6.45) is 0. The maximum atomic E-state index is 12.1. The molecule has 1 N–H and O–H groups in total. The second-order valence-electron chi connectivity index (χ2n) is 4.30. The average molecular weight is 312 g/mol. The van der Waals surface area contributed by atoms with Crippen LogP contribution in [0.25, 0.3) is 0 Å². The highest BCUT2D eigenvalue weighted by Crippen LogP contribution is 2.22. The molecule has 2 nitrogen and oxygen atoms in total. The second kappa shape index (κ2) is 5.99. The molecule has 2 rings (SSSR count). The van der Waals surface area contributed by atoms with E-state index in [1.54, 1.807) is 29.5 Å². The standard InChI is InChI=1S/C14H14ClNOS2/c1-8-5-11(19-9(8)2)7-16-14(17)12-6-10(18)3-4-13(12)15/h3-6,18H,7H2,1-2H3,(H,16,17). The predicted octanol–water partition coefficient (Wildman–Crippen LogP) is 4.24. The van der Waals surface area contributed by atoms with Crippen LogP contribution in [0.4, 0.5) is 0 Å². The van der Waals surface area contributed by atoms with Gasteiger partial charge in [-0.2, -0.15) is 0 Å². The lowest BCUT2D eigenvalue weighted by Gasteiger charge is -2.06. The number of thiophene rings is 1. The van der Waals surface area contributed by atoms with E-state index in [1.165, 1.54) is 10.4 Å². The van der Waals surface area contributed by atoms with E-state index < -0.39 is 0 Å². The third-order valence-corrected chi connectivity index (χ3v) is 4.60. The number of nitrogens with one attached hydrogen (secondary N) is 1. The van der Waals surface area contributed by atoms with Crippen LogP contribution in [0.2, 0.25) is 5.02 Å². The van der Waals surface area contributed by atoms with Gasteiger partial charge in [-0.05, 0) is 43.7 Å². The van der Waals surface area contributed by atoms with Gasteiger partial charge in [0.25, 0.3) is 5.91 Å². The topological polar surface area (TPSA) is 29.1 Å². The van der Waals surface area contributed by atoms with E-state index in [2.05, 4.69) is 37.9 Å². The van der Waals surface area contributed by atoms with Gasteiger partial charge < -0.3 is 5.32 Å². The van der Waals surface area contributed by atoms with Gasteiger partial charge in [0, 0.05) is 14.6 Å². The number of aryl methyl sites for hydroxylation is 2. The summed E-state index contributed by atoms with van der Waals surface area (Å²) in [6.45, 7) is 4.66. The second-order valence-corrected chi connectivity index (χ2v) is 6.56. The fourth-order valence-electron chi connectivity index (χ4n) is 1.69. The summed E-state index contributed by atoms with van der Waals surface area (Å²) in [4.78, 5) is 15.2. The Morgan fingerprint density at radius 1 is 1.37 bits per heavy atom. The van der Waals surface area contributed by atoms with Crippen molar-refractivity contribution in [2.45, 2.75) is 25.3 Å². The van der Waals surface area contributed by atoms with Crippen molar-refractivity contribution in [1.82, 2.24) is 5.32 Å². The number of hydrogen-bond acceptors (Lipinski definition) is 3. The zero-order chi connectivity index (χ0) is 14.0. The molecule has 1 aromatic carbocycles. The molecule has 0 aliphatic rings. The molecule has 0 aliphatic heterocycles. The summed E-state index contributed by atoms with van der Waals surface area (Å²) in [5, 5.41) is 3.32. The zero-order valence-corrected chi connectivity index (χ0v) is 13.1. The normalized spacial score (nSPS) is 10.5. The van der Waals surface area contributed by atoms with Crippen molar-refractivity contribution >= 4 is 41.5 Å². The minimum atomic E-state index is -0.176. The molecule has 0 bridgehead atoms. The molecule has 0 saturated carbocycles. The predicted molar refractivity (Wildman–Crippen MR) is 83.7 cm³/mol. The number of benzene rings is 1. The van der Waals surface area contributed by atoms with Crippen molar-refractivity contribution in [2.24, 2.45) is 0 Å². The van der Waals surface area contributed by atoms with E-state index in [0.717, 1.165) is 9.77 Å². The molecule has 2 aromatic rings. The maximum Gasteiger partial charge on any atom is 0.253 e. The fraction of sp³-hybridized carbons (Fsp3) is 0.214. The van der Waals surface area contributed by atoms with Gasteiger partial charge in [-0.1, -0.05) is 11.6 Å². The Balaban J connectivity index is 2.07. The first-order chi connectivity index (χ1) is 8.97. The van der Waals surface area contributed by atoms with Gasteiger partial charge in [0.05, 0.1) is 17.1 Å². The summed E-state index contributed by atoms with van der Waals surface area (Å²) in [6, 6.07) is 7.20. The highest BCUT2D eigenvalue weighted by Gasteiger charge is 2.11. The van der Waals surface area contributed by atoms with Gasteiger partial charge in [-0.25, -0.2) is 0 Å². The number of halogens is 1. The summed E-state index contributed by atoms with van der Waals surface area (Å²) < 4.78 is 0. The number of carbonyl (C=O) groups is 1. The van der Waals surface area contributed by atoms with Gasteiger partial charge in [0.15, 0.2) is 0 Å². The third-order valence-electron chi connectivity index (χ3n) is 2.83. The van der Waals surface area contributed by atoms with Crippen LogP contribution in [-0.2, 0) is 6.54 Å². The van der Waals surface area contributed by atoms with Gasteiger partial charge >= 0.3 is 0 Å². The molecule has 19 heavy (non-hydrogen) atoms. The summed E-state index contributed by atoms with van der Waals surface area (Å²) in [7, 11) is 0. The van der Waals surface area contributed by atoms with Crippen LogP contribution in [0.15, 0.2) is 29.2 Å². The van der Waals surface area contributed by atoms with Gasteiger partial charge in [-0.15, -0.1) is 24.0 Å². The zero-order valence-electron chi connectivity index (χ0n) is 10.7. The SMILES string of the molecule is Cc1cc(CNC(=O)c2cc(S)ccc2Cl)sc1C. The molecule has 0 atom stereocenters. The smallest absolute Gasteiger partial charge is 0.253 e. The molecule has 1 heterocycles. The first kappa shape index (κ1) is 14.4. The number of hydrogen-bond donors (Lipinski definition) is 2. The van der Waals surface area contributed by atoms with Gasteiger partial charge in [0.1, 0.15) is 0 Å². The van der Waals surface area contributed by atoms with Crippen LogP contribution in [-0.4, -0.2) is 5.91 Å². The molecule has 100 valence electrons. The van der Waals surface area contributed by atoms with Crippen LogP contribution >= 0.6 is 35.6 Å². The van der Waals surface area contributed by atoms with E-state index in [-0.39, 0.29) is 5.91 Å². The van der Waals surface area contributed by atoms with Crippen molar-refractivity contribution < 1.29 is 4.79 Å². The molecule has 0 aliphatic carbocycles. The molecule has 0 unspecified atom stereocenters. The molecular formula is C14H14ClNOS2. The quantitative estimate of drug-likeness (QED) is 0.816. The Kier molecular flexibility index (Phi) is 4.55. The van der Waals surface area contributed by atoms with Crippen molar-refractivity contribution in [3.63, 3.8) is 0 Å². The lowest BCUT2D eigenvalue weighted by Crippen LogP contribution is -2.22. The minimum Gasteiger partial charge on any atom is -0.347 e. The lowest BCUT2D eigenvalue weighted by atomic mass is 10.2. The molecule has 0 saturated heterocycles. The van der Waals surface area contributed by atoms with E-state index in [0.29, 0.717) is 17.1 Å². The van der Waals surface area contributed by atoms with Crippen LogP contribution in [0.5, 0.6) is 0 Å². The average Bonchev–Trinajstić information content (AvgIpc) is 2.69. The van der Waals surface area contributed by atoms with Crippen LogP contribution in [0.3, 0.4) is 0 Å².